The highest BCUT2D eigenvalue weighted by Gasteiger charge is 2.30. The number of pyridine rings is 1. The zero-order chi connectivity index (χ0) is 33.0. The minimum absolute atomic E-state index is 0.135. The number of amidine groups is 1. The van der Waals surface area contributed by atoms with E-state index in [9.17, 15) is 9.90 Å². The number of ether oxygens (including phenoxy) is 1. The van der Waals surface area contributed by atoms with Gasteiger partial charge in [0.25, 0.3) is 0 Å². The van der Waals surface area contributed by atoms with E-state index in [0.29, 0.717) is 55.3 Å². The van der Waals surface area contributed by atoms with Crippen LogP contribution in [0.3, 0.4) is 0 Å². The molecule has 0 spiro atoms. The summed E-state index contributed by atoms with van der Waals surface area (Å²) in [7, 11) is 0. The Labute approximate surface area is 269 Å². The molecular weight excluding hydrogens is 580 g/mol. The summed E-state index contributed by atoms with van der Waals surface area (Å²) >= 11 is 0. The lowest BCUT2D eigenvalue weighted by Crippen LogP contribution is -2.42. The van der Waals surface area contributed by atoms with Crippen molar-refractivity contribution in [1.82, 2.24) is 20.1 Å². The van der Waals surface area contributed by atoms with Gasteiger partial charge in [-0.2, -0.15) is 0 Å². The number of nitrogens with two attached hydrogens (primary N) is 1. The summed E-state index contributed by atoms with van der Waals surface area (Å²) in [6.45, 7) is 8.95. The molecule has 1 aromatic heterocycles. The maximum Gasteiger partial charge on any atom is 0.320 e. The molecule has 2 aliphatic rings. The largest absolute Gasteiger partial charge is 0.484 e. The molecule has 11 heteroatoms. The molecule has 1 saturated heterocycles. The highest BCUT2D eigenvalue weighted by Crippen LogP contribution is 2.38. The van der Waals surface area contributed by atoms with E-state index in [1.54, 1.807) is 29.3 Å². The molecule has 3 atom stereocenters. The van der Waals surface area contributed by atoms with Gasteiger partial charge in [-0.3, -0.25) is 20.7 Å². The number of β-amino-alcohol motifs (C(OH)–C–C–N with tert-alkyl or cyclic N) is 1. The number of hydrogen-bond donors (Lipinski definition) is 6. The molecule has 2 aromatic carbocycles. The van der Waals surface area contributed by atoms with Gasteiger partial charge >= 0.3 is 6.03 Å². The highest BCUT2D eigenvalue weighted by molar-refractivity contribution is 6.05. The third-order valence-corrected chi connectivity index (χ3v) is 8.32. The molecule has 46 heavy (non-hydrogen) atoms. The molecular formula is C35H44N8O3. The van der Waals surface area contributed by atoms with E-state index in [1.165, 1.54) is 4.57 Å². The van der Waals surface area contributed by atoms with Crippen LogP contribution in [-0.2, 0) is 0 Å². The Morgan fingerprint density at radius 2 is 1.78 bits per heavy atom. The first-order valence-corrected chi connectivity index (χ1v) is 15.6. The molecule has 0 bridgehead atoms. The third-order valence-electron chi connectivity index (χ3n) is 8.32. The number of benzene rings is 2. The number of likely N-dealkylation sites (tertiary alicyclic amines) is 1. The van der Waals surface area contributed by atoms with Crippen LogP contribution in [0.2, 0.25) is 0 Å². The van der Waals surface area contributed by atoms with Gasteiger partial charge < -0.3 is 25.8 Å². The van der Waals surface area contributed by atoms with Crippen molar-refractivity contribution in [2.75, 3.05) is 13.1 Å². The standard InChI is InChI=1S/C35H44N8O3/c1-22-9-11-23(12-10-22)39-32(19-30(36)35(2,3)4)41-34(45)40-28-14-15-29(27-8-6-5-7-26(27)28)46-25-13-16-31(37)43(21-25)33(38)42-18-17-24(44)20-42/h5-13,16,19,21,24,28-29,37-38,44H,14-15,17-18,20,36H2,1-4H3,(H2,39,40,41,45)/t24-,28+,29-/m1/s1. The van der Waals surface area contributed by atoms with Crippen LogP contribution in [0.1, 0.15) is 68.9 Å². The van der Waals surface area contributed by atoms with E-state index >= 15 is 0 Å². The van der Waals surface area contributed by atoms with Crippen molar-refractivity contribution in [3.63, 3.8) is 0 Å². The number of aliphatic hydroxyl groups is 1. The predicted molar refractivity (Wildman–Crippen MR) is 179 cm³/mol. The molecule has 3 aromatic rings. The maximum absolute atomic E-state index is 13.4. The number of carbonyl (C=O) groups excluding carboxylic acids is 1. The number of aryl methyl sites for hydroxylation is 1. The third kappa shape index (κ3) is 7.84. The Morgan fingerprint density at radius 3 is 2.46 bits per heavy atom. The number of nitrogens with one attached hydrogen (secondary N) is 4. The molecule has 2 heterocycles. The minimum Gasteiger partial charge on any atom is -0.484 e. The quantitative estimate of drug-likeness (QED) is 0.173. The Hall–Kier alpha value is -4.90. The van der Waals surface area contributed by atoms with Crippen LogP contribution in [0.4, 0.5) is 10.5 Å². The summed E-state index contributed by atoms with van der Waals surface area (Å²) < 4.78 is 7.91. The van der Waals surface area contributed by atoms with Crippen LogP contribution < -0.4 is 26.6 Å². The zero-order valence-corrected chi connectivity index (χ0v) is 26.9. The molecule has 242 valence electrons. The van der Waals surface area contributed by atoms with Crippen molar-refractivity contribution in [3.05, 3.63) is 101 Å². The number of hydrogen-bond acceptors (Lipinski definition) is 7. The average molecular weight is 625 g/mol. The van der Waals surface area contributed by atoms with Gasteiger partial charge in [0.1, 0.15) is 23.2 Å². The first-order chi connectivity index (χ1) is 21.9. The summed E-state index contributed by atoms with van der Waals surface area (Å²) in [6, 6.07) is 18.3. The fourth-order valence-electron chi connectivity index (χ4n) is 5.53. The van der Waals surface area contributed by atoms with Gasteiger partial charge in [-0.15, -0.1) is 0 Å². The molecule has 0 saturated carbocycles. The fourth-order valence-corrected chi connectivity index (χ4v) is 5.53. The lowest BCUT2D eigenvalue weighted by Gasteiger charge is -2.32. The minimum atomic E-state index is -0.470. The van der Waals surface area contributed by atoms with Crippen LogP contribution >= 0.6 is 0 Å². The summed E-state index contributed by atoms with van der Waals surface area (Å²) in [6.07, 6.45) is 4.49. The number of fused-ring (bicyclic) bond motifs is 1. The van der Waals surface area contributed by atoms with E-state index in [1.807, 2.05) is 76.2 Å². The monoisotopic (exact) mass is 624 g/mol. The molecule has 5 rings (SSSR count). The second-order valence-corrected chi connectivity index (χ2v) is 13.0. The molecule has 1 aliphatic heterocycles. The summed E-state index contributed by atoms with van der Waals surface area (Å²) in [4.78, 5) is 19.8. The summed E-state index contributed by atoms with van der Waals surface area (Å²) in [5.41, 5.74) is 10.5. The first-order valence-electron chi connectivity index (χ1n) is 15.6. The Kier molecular flexibility index (Phi) is 9.62. The van der Waals surface area contributed by atoms with Gasteiger partial charge in [0, 0.05) is 30.3 Å². The van der Waals surface area contributed by atoms with E-state index in [-0.39, 0.29) is 35.0 Å². The van der Waals surface area contributed by atoms with Crippen molar-refractivity contribution < 1.29 is 14.6 Å². The van der Waals surface area contributed by atoms with E-state index in [4.69, 9.17) is 21.3 Å². The van der Waals surface area contributed by atoms with E-state index in [2.05, 4.69) is 15.6 Å². The van der Waals surface area contributed by atoms with Gasteiger partial charge in [0.05, 0.1) is 24.0 Å². The number of carbonyl (C=O) groups is 1. The first kappa shape index (κ1) is 32.5. The number of aromatic nitrogens is 1. The second-order valence-electron chi connectivity index (χ2n) is 13.0. The summed E-state index contributed by atoms with van der Waals surface area (Å²) in [5.74, 6) is 1.01. The van der Waals surface area contributed by atoms with E-state index in [0.717, 1.165) is 16.7 Å². The van der Waals surface area contributed by atoms with Crippen molar-refractivity contribution in [3.8, 4) is 5.75 Å². The van der Waals surface area contributed by atoms with Gasteiger partial charge in [0.15, 0.2) is 0 Å². The van der Waals surface area contributed by atoms with Gasteiger partial charge in [-0.1, -0.05) is 62.7 Å². The normalized spacial score (nSPS) is 20.2. The lowest BCUT2D eigenvalue weighted by molar-refractivity contribution is 0.170. The lowest BCUT2D eigenvalue weighted by atomic mass is 9.85. The van der Waals surface area contributed by atoms with Gasteiger partial charge in [-0.25, -0.2) is 9.79 Å². The van der Waals surface area contributed by atoms with Crippen molar-refractivity contribution in [2.45, 2.75) is 65.2 Å². The van der Waals surface area contributed by atoms with Crippen molar-refractivity contribution >= 4 is 23.5 Å². The Bertz CT molecular complexity index is 1700. The zero-order valence-electron chi connectivity index (χ0n) is 26.9. The molecule has 1 aliphatic carbocycles. The van der Waals surface area contributed by atoms with Crippen LogP contribution in [-0.4, -0.2) is 51.6 Å². The highest BCUT2D eigenvalue weighted by atomic mass is 16.5. The SMILES string of the molecule is Cc1ccc(N=C(C=C(N)C(C)(C)C)NC(=O)N[C@H]2CC[C@@H](Oc3ccc(=N)n(C(=N)N4CC[C@@H](O)C4)c3)c3ccccc32)cc1. The number of nitrogens with zero attached hydrogens (tertiary/aromatic N) is 3. The Balaban J connectivity index is 1.32. The maximum atomic E-state index is 13.4. The number of allylic oxidation sites excluding steroid dienone is 1. The number of aliphatic imine (C=N–C) groups is 1. The predicted octanol–water partition coefficient (Wildman–Crippen LogP) is 5.00. The van der Waals surface area contributed by atoms with Gasteiger partial charge in [0.2, 0.25) is 5.96 Å². The number of aliphatic hydroxyl groups excluding tert-OH is 1. The molecule has 1 fully saturated rings. The van der Waals surface area contributed by atoms with Crippen LogP contribution in [0.5, 0.6) is 5.75 Å². The average Bonchev–Trinajstić information content (AvgIpc) is 3.45. The van der Waals surface area contributed by atoms with Crippen LogP contribution in [0.15, 0.2) is 83.6 Å². The second kappa shape index (κ2) is 13.6. The molecule has 0 radical (unpaired) electrons. The fraction of sp³-hybridized carbons (Fsp3) is 0.371. The van der Waals surface area contributed by atoms with Crippen LogP contribution in [0, 0.1) is 23.2 Å². The topological polar surface area (TPSA) is 165 Å². The van der Waals surface area contributed by atoms with Crippen molar-refractivity contribution in [2.24, 2.45) is 16.1 Å². The number of urea groups is 1. The summed E-state index contributed by atoms with van der Waals surface area (Å²) in [5, 5.41) is 32.9. The Morgan fingerprint density at radius 1 is 1.07 bits per heavy atom. The number of rotatable bonds is 5. The molecule has 0 unspecified atom stereocenters. The van der Waals surface area contributed by atoms with Crippen LogP contribution in [0.25, 0.3) is 0 Å². The molecule has 7 N–H and O–H groups in total. The molecule has 11 nitrogen and oxygen atoms in total. The smallest absolute Gasteiger partial charge is 0.320 e. The van der Waals surface area contributed by atoms with E-state index < -0.39 is 6.10 Å². The molecule has 2 amide bonds. The van der Waals surface area contributed by atoms with Gasteiger partial charge in [-0.05, 0) is 61.6 Å². The number of amides is 2. The van der Waals surface area contributed by atoms with Crippen molar-refractivity contribution in [1.29, 1.82) is 10.8 Å².